The van der Waals surface area contributed by atoms with Gasteiger partial charge in [-0.05, 0) is 12.5 Å². The van der Waals surface area contributed by atoms with Gasteiger partial charge in [0, 0.05) is 18.6 Å². The van der Waals surface area contributed by atoms with Crippen LogP contribution in [-0.4, -0.2) is 0 Å². The fourth-order valence-corrected chi connectivity index (χ4v) is 1.43. The topological polar surface area (TPSA) is 14.1 Å². The molecule has 2 rings (SSSR count). The summed E-state index contributed by atoms with van der Waals surface area (Å²) in [7, 11) is 0. The van der Waals surface area contributed by atoms with E-state index in [1.165, 1.54) is 16.7 Å². The quantitative estimate of drug-likeness (QED) is 0.627. The Morgan fingerprint density at radius 3 is 2.46 bits per heavy atom. The third kappa shape index (κ3) is 2.87. The summed E-state index contributed by atoms with van der Waals surface area (Å²) in [6.07, 6.45) is 0. The molecule has 0 aromatic heterocycles. The number of nitrogens with zero attached hydrogens (tertiary/aromatic N) is 1. The molecule has 0 N–H and O–H groups in total. The zero-order valence-electron chi connectivity index (χ0n) is 8.54. The molecule has 1 aromatic carbocycles. The van der Waals surface area contributed by atoms with E-state index in [1.54, 1.807) is 0 Å². The zero-order valence-corrected chi connectivity index (χ0v) is 9.94. The number of hydrogen-bond acceptors (Lipinski definition) is 0. The van der Waals surface area contributed by atoms with E-state index < -0.39 is 0 Å². The minimum atomic E-state index is 0. The minimum absolute atomic E-state index is 0. The smallest absolute Gasteiger partial charge is 0 e. The number of rotatable bonds is 0. The number of benzene rings is 1. The van der Waals surface area contributed by atoms with Gasteiger partial charge in [-0.1, -0.05) is 43.2 Å². The molecule has 1 aliphatic heterocycles. The van der Waals surface area contributed by atoms with Gasteiger partial charge in [-0.3, -0.25) is 0 Å². The van der Waals surface area contributed by atoms with Gasteiger partial charge in [-0.15, -0.1) is 13.1 Å². The van der Waals surface area contributed by atoms with E-state index in [1.807, 2.05) is 13.8 Å². The van der Waals surface area contributed by atoms with Crippen LogP contribution < -0.4 is 0 Å². The molecular formula is C11H16NV-. The maximum absolute atomic E-state index is 4.31. The Labute approximate surface area is 92.8 Å². The molecule has 13 heavy (non-hydrogen) atoms. The van der Waals surface area contributed by atoms with Gasteiger partial charge in [0.1, 0.15) is 0 Å². The SMILES string of the molecule is CC.Cc1cccc2c1C[N-]C2.[V]. The summed E-state index contributed by atoms with van der Waals surface area (Å²) in [5.74, 6) is 0. The average molecular weight is 213 g/mol. The van der Waals surface area contributed by atoms with Crippen LogP contribution in [0, 0.1) is 6.92 Å². The van der Waals surface area contributed by atoms with Crippen LogP contribution in [0.2, 0.25) is 0 Å². The first kappa shape index (κ1) is 12.8. The zero-order chi connectivity index (χ0) is 8.97. The standard InChI is InChI=1S/C9H10N.C2H6.V/c1-7-3-2-4-8-5-10-6-9(7)8;1-2;/h2-4H,5-6H2,1H3;1-2H3;/q-1;;. The van der Waals surface area contributed by atoms with Crippen LogP contribution in [0.25, 0.3) is 5.32 Å². The van der Waals surface area contributed by atoms with Crippen LogP contribution in [0.4, 0.5) is 0 Å². The molecule has 1 radical (unpaired) electrons. The number of aryl methyl sites for hydroxylation is 1. The van der Waals surface area contributed by atoms with E-state index in [-0.39, 0.29) is 18.6 Å². The minimum Gasteiger partial charge on any atom is -0.655 e. The van der Waals surface area contributed by atoms with E-state index >= 15 is 0 Å². The maximum atomic E-state index is 4.31. The van der Waals surface area contributed by atoms with Crippen LogP contribution in [-0.2, 0) is 31.6 Å². The molecule has 0 bridgehead atoms. The molecule has 1 aromatic rings. The monoisotopic (exact) mass is 213 g/mol. The van der Waals surface area contributed by atoms with Crippen LogP contribution in [0.5, 0.6) is 0 Å². The van der Waals surface area contributed by atoms with Gasteiger partial charge in [0.15, 0.2) is 0 Å². The Bertz CT molecular complexity index is 258. The van der Waals surface area contributed by atoms with E-state index in [2.05, 4.69) is 30.4 Å². The molecule has 0 fully saturated rings. The molecule has 0 saturated carbocycles. The van der Waals surface area contributed by atoms with Crippen molar-refractivity contribution in [3.8, 4) is 0 Å². The summed E-state index contributed by atoms with van der Waals surface area (Å²) in [5.41, 5.74) is 4.25. The van der Waals surface area contributed by atoms with Gasteiger partial charge < -0.3 is 5.32 Å². The molecule has 0 unspecified atom stereocenters. The Balaban J connectivity index is 0.000000451. The van der Waals surface area contributed by atoms with Crippen LogP contribution >= 0.6 is 0 Å². The Kier molecular flexibility index (Phi) is 6.14. The fraction of sp³-hybridized carbons (Fsp3) is 0.455. The van der Waals surface area contributed by atoms with Crippen LogP contribution in [0.15, 0.2) is 18.2 Å². The van der Waals surface area contributed by atoms with Gasteiger partial charge in [0.05, 0.1) is 0 Å². The number of hydrogen-bond donors (Lipinski definition) is 0. The first-order valence-corrected chi connectivity index (χ1v) is 4.58. The molecule has 1 heterocycles. The van der Waals surface area contributed by atoms with Gasteiger partial charge >= 0.3 is 0 Å². The summed E-state index contributed by atoms with van der Waals surface area (Å²) in [6, 6.07) is 6.42. The molecular weight excluding hydrogens is 197 g/mol. The second-order valence-corrected chi connectivity index (χ2v) is 2.75. The van der Waals surface area contributed by atoms with Crippen molar-refractivity contribution in [1.29, 1.82) is 0 Å². The van der Waals surface area contributed by atoms with Crippen molar-refractivity contribution in [2.75, 3.05) is 0 Å². The Morgan fingerprint density at radius 1 is 1.15 bits per heavy atom. The molecule has 0 aliphatic carbocycles. The largest absolute Gasteiger partial charge is 0.655 e. The van der Waals surface area contributed by atoms with Crippen molar-refractivity contribution in [2.45, 2.75) is 33.9 Å². The Hall–Kier alpha value is -0.236. The third-order valence-corrected chi connectivity index (χ3v) is 2.06. The predicted molar refractivity (Wildman–Crippen MR) is 53.3 cm³/mol. The normalized spacial score (nSPS) is 12.2. The first-order valence-electron chi connectivity index (χ1n) is 4.58. The van der Waals surface area contributed by atoms with Crippen molar-refractivity contribution in [3.63, 3.8) is 0 Å². The van der Waals surface area contributed by atoms with Crippen molar-refractivity contribution in [2.24, 2.45) is 0 Å². The summed E-state index contributed by atoms with van der Waals surface area (Å²) in [6.45, 7) is 8.01. The van der Waals surface area contributed by atoms with Crippen molar-refractivity contribution in [3.05, 3.63) is 40.2 Å². The van der Waals surface area contributed by atoms with Crippen molar-refractivity contribution < 1.29 is 18.6 Å². The van der Waals surface area contributed by atoms with Crippen LogP contribution in [0.3, 0.4) is 0 Å². The van der Waals surface area contributed by atoms with Gasteiger partial charge in [-0.2, -0.15) is 0 Å². The molecule has 1 aliphatic rings. The van der Waals surface area contributed by atoms with Crippen LogP contribution in [0.1, 0.15) is 30.5 Å². The first-order chi connectivity index (χ1) is 5.88. The molecule has 0 atom stereocenters. The summed E-state index contributed by atoms with van der Waals surface area (Å²) < 4.78 is 0. The van der Waals surface area contributed by atoms with E-state index in [0.29, 0.717) is 0 Å². The molecule has 0 amide bonds. The van der Waals surface area contributed by atoms with Crippen molar-refractivity contribution in [1.82, 2.24) is 0 Å². The predicted octanol–water partition coefficient (Wildman–Crippen LogP) is 3.41. The summed E-state index contributed by atoms with van der Waals surface area (Å²) in [4.78, 5) is 0. The van der Waals surface area contributed by atoms with E-state index in [9.17, 15) is 0 Å². The molecule has 71 valence electrons. The van der Waals surface area contributed by atoms with Gasteiger partial charge in [-0.25, -0.2) is 0 Å². The fourth-order valence-electron chi connectivity index (χ4n) is 1.43. The second kappa shape index (κ2) is 6.25. The van der Waals surface area contributed by atoms with Crippen molar-refractivity contribution >= 4 is 0 Å². The molecule has 2 heteroatoms. The third-order valence-electron chi connectivity index (χ3n) is 2.06. The maximum Gasteiger partial charge on any atom is 0 e. The van der Waals surface area contributed by atoms with E-state index in [4.69, 9.17) is 0 Å². The van der Waals surface area contributed by atoms with Gasteiger partial charge in [0.2, 0.25) is 0 Å². The number of fused-ring (bicyclic) bond motifs is 1. The Morgan fingerprint density at radius 2 is 1.85 bits per heavy atom. The summed E-state index contributed by atoms with van der Waals surface area (Å²) >= 11 is 0. The molecule has 0 saturated heterocycles. The van der Waals surface area contributed by atoms with Gasteiger partial charge in [0.25, 0.3) is 0 Å². The molecule has 1 nitrogen and oxygen atoms in total. The average Bonchev–Trinajstić information content (AvgIpc) is 2.57. The second-order valence-electron chi connectivity index (χ2n) is 2.75. The molecule has 0 spiro atoms. The van der Waals surface area contributed by atoms with E-state index in [0.717, 1.165) is 13.1 Å². The summed E-state index contributed by atoms with van der Waals surface area (Å²) in [5, 5.41) is 4.31.